The standard InChI is InChI=1S/C14H19N3OS/c1-2-13(19-7-1)14-12(9-16-17-14)8-15-5-3-11-4-6-18-10-11/h1-2,7,9,11,15H,3-6,8,10H2,(H,16,17). The Labute approximate surface area is 117 Å². The lowest BCUT2D eigenvalue weighted by Gasteiger charge is -2.08. The molecule has 1 atom stereocenters. The van der Waals surface area contributed by atoms with Crippen LogP contribution >= 0.6 is 11.3 Å². The number of aromatic amines is 1. The lowest BCUT2D eigenvalue weighted by Crippen LogP contribution is -2.18. The van der Waals surface area contributed by atoms with Crippen molar-refractivity contribution in [2.75, 3.05) is 19.8 Å². The number of aromatic nitrogens is 2. The predicted molar refractivity (Wildman–Crippen MR) is 77.2 cm³/mol. The van der Waals surface area contributed by atoms with Crippen LogP contribution in [0.15, 0.2) is 23.7 Å². The van der Waals surface area contributed by atoms with Gasteiger partial charge in [0.25, 0.3) is 0 Å². The van der Waals surface area contributed by atoms with Crippen molar-refractivity contribution in [3.8, 4) is 10.6 Å². The molecule has 0 amide bonds. The Balaban J connectivity index is 1.49. The van der Waals surface area contributed by atoms with Gasteiger partial charge in [0.15, 0.2) is 0 Å². The fraction of sp³-hybridized carbons (Fsp3) is 0.500. The third kappa shape index (κ3) is 3.23. The Morgan fingerprint density at radius 1 is 1.53 bits per heavy atom. The molecule has 0 bridgehead atoms. The van der Waals surface area contributed by atoms with Gasteiger partial charge in [-0.15, -0.1) is 11.3 Å². The smallest absolute Gasteiger partial charge is 0.0794 e. The topological polar surface area (TPSA) is 49.9 Å². The molecule has 0 radical (unpaired) electrons. The van der Waals surface area contributed by atoms with Crippen LogP contribution < -0.4 is 5.32 Å². The summed E-state index contributed by atoms with van der Waals surface area (Å²) in [6.45, 7) is 3.79. The molecule has 1 unspecified atom stereocenters. The Hall–Kier alpha value is -1.17. The normalized spacial score (nSPS) is 19.1. The van der Waals surface area contributed by atoms with Gasteiger partial charge in [-0.25, -0.2) is 0 Å². The number of thiophene rings is 1. The first-order chi connectivity index (χ1) is 9.43. The van der Waals surface area contributed by atoms with Gasteiger partial charge in [-0.05, 0) is 36.8 Å². The second kappa shape index (κ2) is 6.32. The Bertz CT molecular complexity index is 489. The van der Waals surface area contributed by atoms with E-state index in [-0.39, 0.29) is 0 Å². The molecule has 3 heterocycles. The molecule has 0 aliphatic carbocycles. The van der Waals surface area contributed by atoms with Gasteiger partial charge in [0.2, 0.25) is 0 Å². The van der Waals surface area contributed by atoms with Crippen LogP contribution in [0.1, 0.15) is 18.4 Å². The van der Waals surface area contributed by atoms with E-state index in [0.717, 1.165) is 37.9 Å². The van der Waals surface area contributed by atoms with Crippen molar-refractivity contribution in [3.63, 3.8) is 0 Å². The first kappa shape index (κ1) is 12.8. The van der Waals surface area contributed by atoms with Gasteiger partial charge >= 0.3 is 0 Å². The van der Waals surface area contributed by atoms with Crippen LogP contribution in [0.2, 0.25) is 0 Å². The Kier molecular flexibility index (Phi) is 4.27. The maximum Gasteiger partial charge on any atom is 0.0794 e. The molecule has 1 fully saturated rings. The second-order valence-corrected chi connectivity index (χ2v) is 5.89. The molecule has 4 nitrogen and oxygen atoms in total. The largest absolute Gasteiger partial charge is 0.381 e. The highest BCUT2D eigenvalue weighted by molar-refractivity contribution is 7.13. The number of nitrogens with one attached hydrogen (secondary N) is 2. The minimum Gasteiger partial charge on any atom is -0.381 e. The van der Waals surface area contributed by atoms with E-state index in [0.29, 0.717) is 0 Å². The highest BCUT2D eigenvalue weighted by Crippen LogP contribution is 2.25. The first-order valence-electron chi connectivity index (χ1n) is 6.78. The molecular formula is C14H19N3OS. The summed E-state index contributed by atoms with van der Waals surface area (Å²) >= 11 is 1.74. The van der Waals surface area contributed by atoms with Gasteiger partial charge < -0.3 is 10.1 Å². The Morgan fingerprint density at radius 2 is 2.53 bits per heavy atom. The molecule has 19 heavy (non-hydrogen) atoms. The average molecular weight is 277 g/mol. The molecule has 3 rings (SSSR count). The summed E-state index contributed by atoms with van der Waals surface area (Å²) < 4.78 is 5.39. The first-order valence-corrected chi connectivity index (χ1v) is 7.66. The van der Waals surface area contributed by atoms with Crippen molar-refractivity contribution in [1.29, 1.82) is 0 Å². The predicted octanol–water partition coefficient (Wildman–Crippen LogP) is 2.65. The van der Waals surface area contributed by atoms with Gasteiger partial charge in [-0.2, -0.15) is 5.10 Å². The van der Waals surface area contributed by atoms with E-state index in [1.54, 1.807) is 11.3 Å². The fourth-order valence-electron chi connectivity index (χ4n) is 2.42. The van der Waals surface area contributed by atoms with Crippen LogP contribution in [0.25, 0.3) is 10.6 Å². The van der Waals surface area contributed by atoms with Crippen molar-refractivity contribution >= 4 is 11.3 Å². The monoisotopic (exact) mass is 277 g/mol. The van der Waals surface area contributed by atoms with Crippen molar-refractivity contribution in [2.24, 2.45) is 5.92 Å². The van der Waals surface area contributed by atoms with Gasteiger partial charge in [-0.1, -0.05) is 6.07 Å². The zero-order valence-corrected chi connectivity index (χ0v) is 11.7. The third-order valence-corrected chi connectivity index (χ3v) is 4.44. The number of H-pyrrole nitrogens is 1. The lowest BCUT2D eigenvalue weighted by atomic mass is 10.1. The van der Waals surface area contributed by atoms with Crippen molar-refractivity contribution < 1.29 is 4.74 Å². The zero-order valence-electron chi connectivity index (χ0n) is 10.9. The minimum atomic E-state index is 0.744. The van der Waals surface area contributed by atoms with Crippen LogP contribution in [0, 0.1) is 5.92 Å². The highest BCUT2D eigenvalue weighted by Gasteiger charge is 2.15. The summed E-state index contributed by atoms with van der Waals surface area (Å²) in [5, 5.41) is 12.8. The molecule has 5 heteroatoms. The molecule has 0 spiro atoms. The van der Waals surface area contributed by atoms with Crippen LogP contribution in [-0.4, -0.2) is 30.0 Å². The van der Waals surface area contributed by atoms with E-state index < -0.39 is 0 Å². The maximum atomic E-state index is 5.39. The van der Waals surface area contributed by atoms with E-state index in [1.165, 1.54) is 23.3 Å². The molecule has 1 saturated heterocycles. The van der Waals surface area contributed by atoms with E-state index in [1.807, 2.05) is 6.20 Å². The molecule has 2 aromatic rings. The summed E-state index contributed by atoms with van der Waals surface area (Å²) in [6.07, 6.45) is 4.33. The van der Waals surface area contributed by atoms with Gasteiger partial charge in [0.05, 0.1) is 16.8 Å². The molecule has 0 saturated carbocycles. The maximum absolute atomic E-state index is 5.39. The van der Waals surface area contributed by atoms with Crippen LogP contribution in [0.5, 0.6) is 0 Å². The summed E-state index contributed by atoms with van der Waals surface area (Å²) in [5.41, 5.74) is 2.39. The minimum absolute atomic E-state index is 0.744. The van der Waals surface area contributed by atoms with Crippen LogP contribution in [0.4, 0.5) is 0 Å². The summed E-state index contributed by atoms with van der Waals surface area (Å²) in [5.74, 6) is 0.744. The lowest BCUT2D eigenvalue weighted by molar-refractivity contribution is 0.184. The van der Waals surface area contributed by atoms with Crippen molar-refractivity contribution in [2.45, 2.75) is 19.4 Å². The van der Waals surface area contributed by atoms with E-state index >= 15 is 0 Å². The third-order valence-electron chi connectivity index (χ3n) is 3.55. The molecule has 2 aromatic heterocycles. The van der Waals surface area contributed by atoms with E-state index in [4.69, 9.17) is 4.74 Å². The zero-order chi connectivity index (χ0) is 12.9. The van der Waals surface area contributed by atoms with Crippen molar-refractivity contribution in [1.82, 2.24) is 15.5 Å². The summed E-state index contributed by atoms with van der Waals surface area (Å²) in [6, 6.07) is 4.19. The number of hydrogen-bond acceptors (Lipinski definition) is 4. The summed E-state index contributed by atoms with van der Waals surface area (Å²) in [7, 11) is 0. The molecule has 0 aromatic carbocycles. The molecule has 102 valence electrons. The number of nitrogens with zero attached hydrogens (tertiary/aromatic N) is 1. The van der Waals surface area contributed by atoms with E-state index in [9.17, 15) is 0 Å². The average Bonchev–Trinajstić information content (AvgIpc) is 3.15. The number of hydrogen-bond donors (Lipinski definition) is 2. The number of ether oxygens (including phenoxy) is 1. The van der Waals surface area contributed by atoms with Crippen LogP contribution in [-0.2, 0) is 11.3 Å². The SMILES string of the molecule is c1csc(-c2[nH]ncc2CNCCC2CCOC2)c1. The molecule has 1 aliphatic heterocycles. The molecule has 1 aliphatic rings. The fourth-order valence-corrected chi connectivity index (χ4v) is 3.17. The summed E-state index contributed by atoms with van der Waals surface area (Å²) in [4.78, 5) is 1.25. The van der Waals surface area contributed by atoms with Crippen molar-refractivity contribution in [3.05, 3.63) is 29.3 Å². The number of rotatable bonds is 6. The van der Waals surface area contributed by atoms with Gasteiger partial charge in [-0.3, -0.25) is 5.10 Å². The van der Waals surface area contributed by atoms with Gasteiger partial charge in [0, 0.05) is 25.3 Å². The van der Waals surface area contributed by atoms with Gasteiger partial charge in [0.1, 0.15) is 0 Å². The Morgan fingerprint density at radius 3 is 3.32 bits per heavy atom. The molecular weight excluding hydrogens is 258 g/mol. The molecule has 2 N–H and O–H groups in total. The van der Waals surface area contributed by atoms with E-state index in [2.05, 4.69) is 33.0 Å². The quantitative estimate of drug-likeness (QED) is 0.798. The highest BCUT2D eigenvalue weighted by atomic mass is 32.1. The second-order valence-electron chi connectivity index (χ2n) is 4.94. The van der Waals surface area contributed by atoms with Crippen LogP contribution in [0.3, 0.4) is 0 Å².